The number of benzene rings is 1. The van der Waals surface area contributed by atoms with Crippen LogP contribution >= 0.6 is 11.6 Å². The Morgan fingerprint density at radius 3 is 2.64 bits per heavy atom. The fourth-order valence-corrected chi connectivity index (χ4v) is 3.74. The highest BCUT2D eigenvalue weighted by molar-refractivity contribution is 6.31. The van der Waals surface area contributed by atoms with Gasteiger partial charge in [-0.2, -0.15) is 0 Å². The molecule has 11 heteroatoms. The summed E-state index contributed by atoms with van der Waals surface area (Å²) in [5.41, 5.74) is 4.82. The molecular formula is C22H27ClN4O6. The number of nitrogens with two attached hydrogens (primary N) is 1. The van der Waals surface area contributed by atoms with E-state index in [1.807, 2.05) is 0 Å². The fourth-order valence-electron chi connectivity index (χ4n) is 3.57. The summed E-state index contributed by atoms with van der Waals surface area (Å²) in [7, 11) is 1.54. The lowest BCUT2D eigenvalue weighted by Gasteiger charge is -2.23. The molecule has 1 aliphatic rings. The van der Waals surface area contributed by atoms with Gasteiger partial charge < -0.3 is 30.2 Å². The number of nitrogens with one attached hydrogen (secondary N) is 1. The van der Waals surface area contributed by atoms with E-state index in [1.54, 1.807) is 39.0 Å². The number of alkyl carbamates (subject to hydrolysis) is 1. The number of hydrogen-bond acceptors (Lipinski definition) is 7. The molecule has 1 saturated heterocycles. The molecule has 1 aromatic carbocycles. The number of carbonyl (C=O) groups excluding carboxylic acids is 3. The van der Waals surface area contributed by atoms with E-state index in [1.165, 1.54) is 18.2 Å². The molecule has 3 N–H and O–H groups in total. The van der Waals surface area contributed by atoms with E-state index in [0.717, 1.165) is 5.39 Å². The minimum absolute atomic E-state index is 0.0954. The first-order valence-electron chi connectivity index (χ1n) is 10.3. The van der Waals surface area contributed by atoms with Crippen LogP contribution in [0.2, 0.25) is 5.02 Å². The largest absolute Gasteiger partial charge is 0.494 e. The van der Waals surface area contributed by atoms with Crippen molar-refractivity contribution in [2.45, 2.75) is 44.9 Å². The van der Waals surface area contributed by atoms with Gasteiger partial charge in [0.25, 0.3) is 0 Å². The number of amides is 3. The van der Waals surface area contributed by atoms with E-state index >= 15 is 0 Å². The van der Waals surface area contributed by atoms with Gasteiger partial charge in [0.2, 0.25) is 17.7 Å². The summed E-state index contributed by atoms with van der Waals surface area (Å²) in [6, 6.07) is 4.35. The molecule has 2 heterocycles. The first-order chi connectivity index (χ1) is 15.5. The van der Waals surface area contributed by atoms with Crippen LogP contribution < -0.4 is 20.5 Å². The number of hydrogen-bond donors (Lipinski definition) is 2. The zero-order valence-corrected chi connectivity index (χ0v) is 19.6. The Balaban J connectivity index is 1.74. The van der Waals surface area contributed by atoms with Gasteiger partial charge in [0.15, 0.2) is 0 Å². The normalized spacial score (nSPS) is 18.2. The summed E-state index contributed by atoms with van der Waals surface area (Å²) in [6.45, 7) is 4.89. The van der Waals surface area contributed by atoms with Gasteiger partial charge in [0, 0.05) is 22.2 Å². The number of carbonyl (C=O) groups is 3. The average Bonchev–Trinajstić information content (AvgIpc) is 3.15. The van der Waals surface area contributed by atoms with Crippen molar-refractivity contribution in [3.63, 3.8) is 0 Å². The van der Waals surface area contributed by atoms with Crippen molar-refractivity contribution in [3.05, 3.63) is 29.4 Å². The average molecular weight is 479 g/mol. The maximum Gasteiger partial charge on any atom is 0.408 e. The number of aromatic nitrogens is 1. The number of nitrogens with zero attached hydrogens (tertiary/aromatic N) is 2. The van der Waals surface area contributed by atoms with Crippen LogP contribution in [0.5, 0.6) is 11.6 Å². The zero-order valence-electron chi connectivity index (χ0n) is 18.9. The first-order valence-corrected chi connectivity index (χ1v) is 10.7. The zero-order chi connectivity index (χ0) is 24.3. The third-order valence-electron chi connectivity index (χ3n) is 4.97. The second-order valence-electron chi connectivity index (χ2n) is 8.62. The van der Waals surface area contributed by atoms with Crippen molar-refractivity contribution < 1.29 is 28.6 Å². The van der Waals surface area contributed by atoms with Crippen LogP contribution in [0.25, 0.3) is 10.8 Å². The summed E-state index contributed by atoms with van der Waals surface area (Å²) in [6.07, 6.45) is 0.434. The van der Waals surface area contributed by atoms with Crippen LogP contribution in [0.1, 0.15) is 27.2 Å². The molecule has 2 atom stereocenters. The number of methoxy groups -OCH3 is 1. The van der Waals surface area contributed by atoms with Gasteiger partial charge in [-0.1, -0.05) is 11.6 Å². The highest BCUT2D eigenvalue weighted by Gasteiger charge is 2.40. The van der Waals surface area contributed by atoms with Gasteiger partial charge in [-0.3, -0.25) is 9.59 Å². The van der Waals surface area contributed by atoms with Gasteiger partial charge >= 0.3 is 6.09 Å². The second-order valence-corrected chi connectivity index (χ2v) is 9.05. The number of rotatable bonds is 6. The van der Waals surface area contributed by atoms with Gasteiger partial charge in [0.05, 0.1) is 19.9 Å². The van der Waals surface area contributed by atoms with Crippen molar-refractivity contribution >= 4 is 40.3 Å². The van der Waals surface area contributed by atoms with Gasteiger partial charge in [0.1, 0.15) is 30.0 Å². The number of halogens is 1. The van der Waals surface area contributed by atoms with E-state index in [4.69, 9.17) is 31.5 Å². The number of fused-ring (bicyclic) bond motifs is 1. The van der Waals surface area contributed by atoms with E-state index in [9.17, 15) is 14.4 Å². The van der Waals surface area contributed by atoms with E-state index in [0.29, 0.717) is 22.0 Å². The minimum atomic E-state index is -0.879. The molecule has 33 heavy (non-hydrogen) atoms. The standard InChI is InChI=1S/C22H27ClN4O6/c1-22(2,3)33-21(30)26-10-18(28)27-11-13(8-16(27)19(24)29)32-20-15-7-12(23)5-6-14(15)17(31-4)9-25-20/h5-7,9,13,16H,8,10-11H2,1-4H3,(H2,24,29)(H,26,30)/t13-,16?/m1/s1. The van der Waals surface area contributed by atoms with Crippen LogP contribution in [0.3, 0.4) is 0 Å². The Morgan fingerprint density at radius 2 is 2.00 bits per heavy atom. The van der Waals surface area contributed by atoms with Crippen LogP contribution in [-0.4, -0.2) is 65.7 Å². The lowest BCUT2D eigenvalue weighted by molar-refractivity contribution is -0.136. The van der Waals surface area contributed by atoms with Gasteiger partial charge in [-0.15, -0.1) is 0 Å². The molecular weight excluding hydrogens is 452 g/mol. The fraction of sp³-hybridized carbons (Fsp3) is 0.455. The summed E-state index contributed by atoms with van der Waals surface area (Å²) < 4.78 is 16.5. The molecule has 1 fully saturated rings. The SMILES string of the molecule is COc1cnc(O[C@@H]2CC(C(N)=O)N(C(=O)CNC(=O)OC(C)(C)C)C2)c2cc(Cl)ccc12. The first kappa shape index (κ1) is 24.4. The quantitative estimate of drug-likeness (QED) is 0.650. The van der Waals surface area contributed by atoms with Crippen LogP contribution in [-0.2, 0) is 14.3 Å². The van der Waals surface area contributed by atoms with Crippen LogP contribution in [0.4, 0.5) is 4.79 Å². The van der Waals surface area contributed by atoms with Crippen molar-refractivity contribution in [3.8, 4) is 11.6 Å². The van der Waals surface area contributed by atoms with Crippen LogP contribution in [0.15, 0.2) is 24.4 Å². The summed E-state index contributed by atoms with van der Waals surface area (Å²) in [4.78, 5) is 42.2. The number of likely N-dealkylation sites (tertiary alicyclic amines) is 1. The Labute approximate surface area is 196 Å². The maximum atomic E-state index is 12.7. The molecule has 0 saturated carbocycles. The molecule has 2 aromatic rings. The van der Waals surface area contributed by atoms with Crippen molar-refractivity contribution in [2.24, 2.45) is 5.73 Å². The molecule has 1 aromatic heterocycles. The number of ether oxygens (including phenoxy) is 3. The molecule has 3 amide bonds. The highest BCUT2D eigenvalue weighted by atomic mass is 35.5. The molecule has 178 valence electrons. The van der Waals surface area contributed by atoms with Gasteiger partial charge in [-0.25, -0.2) is 9.78 Å². The smallest absolute Gasteiger partial charge is 0.408 e. The summed E-state index contributed by atoms with van der Waals surface area (Å²) in [5.74, 6) is -0.295. The molecule has 10 nitrogen and oxygen atoms in total. The molecule has 1 aliphatic heterocycles. The third kappa shape index (κ3) is 5.95. The van der Waals surface area contributed by atoms with E-state index in [2.05, 4.69) is 10.3 Å². The second kappa shape index (κ2) is 9.70. The topological polar surface area (TPSA) is 133 Å². The highest BCUT2D eigenvalue weighted by Crippen LogP contribution is 2.34. The molecule has 1 unspecified atom stereocenters. The Bertz CT molecular complexity index is 1070. The molecule has 0 radical (unpaired) electrons. The Hall–Kier alpha value is -3.27. The number of primary amides is 1. The monoisotopic (exact) mass is 478 g/mol. The van der Waals surface area contributed by atoms with Crippen molar-refractivity contribution in [1.82, 2.24) is 15.2 Å². The number of pyridine rings is 1. The molecule has 3 rings (SSSR count). The lowest BCUT2D eigenvalue weighted by Crippen LogP contribution is -2.48. The van der Waals surface area contributed by atoms with Crippen molar-refractivity contribution in [1.29, 1.82) is 0 Å². The molecule has 0 bridgehead atoms. The minimum Gasteiger partial charge on any atom is -0.494 e. The predicted octanol–water partition coefficient (Wildman–Crippen LogP) is 2.26. The third-order valence-corrected chi connectivity index (χ3v) is 5.20. The predicted molar refractivity (Wildman–Crippen MR) is 121 cm³/mol. The maximum absolute atomic E-state index is 12.7. The Morgan fingerprint density at radius 1 is 1.27 bits per heavy atom. The van der Waals surface area contributed by atoms with Gasteiger partial charge in [-0.05, 0) is 39.0 Å². The van der Waals surface area contributed by atoms with Crippen molar-refractivity contribution in [2.75, 3.05) is 20.2 Å². The summed E-state index contributed by atoms with van der Waals surface area (Å²) in [5, 5.41) is 4.28. The van der Waals surface area contributed by atoms with E-state index in [-0.39, 0.29) is 19.5 Å². The lowest BCUT2D eigenvalue weighted by atomic mass is 10.1. The van der Waals surface area contributed by atoms with E-state index < -0.39 is 35.7 Å². The molecule has 0 spiro atoms. The van der Waals surface area contributed by atoms with Crippen LogP contribution in [0, 0.1) is 0 Å². The molecule has 0 aliphatic carbocycles. The summed E-state index contributed by atoms with van der Waals surface area (Å²) >= 11 is 6.15. The Kier molecular flexibility index (Phi) is 7.16.